The Kier molecular flexibility index (Phi) is 4.64. The first-order valence-corrected chi connectivity index (χ1v) is 8.20. The minimum atomic E-state index is -3.80. The average Bonchev–Trinajstić information content (AvgIpc) is 2.41. The Morgan fingerprint density at radius 1 is 1.30 bits per heavy atom. The van der Waals surface area contributed by atoms with Crippen LogP contribution in [0.15, 0.2) is 45.9 Å². The van der Waals surface area contributed by atoms with Gasteiger partial charge in [0, 0.05) is 17.2 Å². The van der Waals surface area contributed by atoms with Gasteiger partial charge in [-0.25, -0.2) is 13.4 Å². The van der Waals surface area contributed by atoms with E-state index in [-0.39, 0.29) is 22.3 Å². The molecule has 0 aliphatic heterocycles. The molecule has 1 aromatic heterocycles. The molecule has 0 saturated carbocycles. The predicted octanol–water partition coefficient (Wildman–Crippen LogP) is 2.76. The molecule has 8 heteroatoms. The molecular formula is C12H11BrClN3O2S. The Labute approximate surface area is 130 Å². The summed E-state index contributed by atoms with van der Waals surface area (Å²) in [6.07, 6.45) is 1.50. The zero-order valence-electron chi connectivity index (χ0n) is 10.2. The van der Waals surface area contributed by atoms with Crippen molar-refractivity contribution in [1.82, 2.24) is 4.98 Å². The molecule has 1 aromatic carbocycles. The van der Waals surface area contributed by atoms with Crippen LogP contribution < -0.4 is 10.5 Å². The van der Waals surface area contributed by atoms with Crippen molar-refractivity contribution in [3.05, 3.63) is 51.6 Å². The SMILES string of the molecule is NCc1ccc(Cl)c(S(=O)(=O)Nc2ccc(Br)cn2)c1. The van der Waals surface area contributed by atoms with Gasteiger partial charge in [-0.2, -0.15) is 0 Å². The first kappa shape index (κ1) is 15.2. The highest BCUT2D eigenvalue weighted by atomic mass is 79.9. The van der Waals surface area contributed by atoms with Crippen molar-refractivity contribution in [1.29, 1.82) is 0 Å². The summed E-state index contributed by atoms with van der Waals surface area (Å²) in [7, 11) is -3.80. The number of nitrogens with zero attached hydrogens (tertiary/aromatic N) is 1. The van der Waals surface area contributed by atoms with Crippen molar-refractivity contribution in [3.8, 4) is 0 Å². The first-order valence-electron chi connectivity index (χ1n) is 5.55. The fraction of sp³-hybridized carbons (Fsp3) is 0.0833. The summed E-state index contributed by atoms with van der Waals surface area (Å²) in [6, 6.07) is 7.86. The van der Waals surface area contributed by atoms with Crippen molar-refractivity contribution in [2.45, 2.75) is 11.4 Å². The molecule has 0 bridgehead atoms. The number of pyridine rings is 1. The number of sulfonamides is 1. The van der Waals surface area contributed by atoms with E-state index in [2.05, 4.69) is 25.6 Å². The van der Waals surface area contributed by atoms with Crippen LogP contribution in [-0.2, 0) is 16.6 Å². The van der Waals surface area contributed by atoms with E-state index in [4.69, 9.17) is 17.3 Å². The Balaban J connectivity index is 2.37. The lowest BCUT2D eigenvalue weighted by atomic mass is 10.2. The molecule has 0 atom stereocenters. The number of anilines is 1. The molecule has 0 amide bonds. The molecule has 0 unspecified atom stereocenters. The second-order valence-electron chi connectivity index (χ2n) is 3.94. The van der Waals surface area contributed by atoms with E-state index < -0.39 is 10.0 Å². The van der Waals surface area contributed by atoms with Gasteiger partial charge in [0.2, 0.25) is 0 Å². The molecule has 5 nitrogen and oxygen atoms in total. The zero-order valence-corrected chi connectivity index (χ0v) is 13.3. The third kappa shape index (κ3) is 3.49. The average molecular weight is 377 g/mol. The number of hydrogen-bond acceptors (Lipinski definition) is 4. The standard InChI is InChI=1S/C12H11BrClN3O2S/c13-9-2-4-12(16-7-9)17-20(18,19)11-5-8(6-15)1-3-10(11)14/h1-5,7H,6,15H2,(H,16,17). The molecule has 1 heterocycles. The van der Waals surface area contributed by atoms with E-state index in [1.54, 1.807) is 18.2 Å². The summed E-state index contributed by atoms with van der Waals surface area (Å²) in [5.74, 6) is 0.211. The van der Waals surface area contributed by atoms with E-state index in [1.165, 1.54) is 18.3 Å². The van der Waals surface area contributed by atoms with Crippen LogP contribution in [0.3, 0.4) is 0 Å². The molecule has 2 rings (SSSR count). The Hall–Kier alpha value is -1.15. The van der Waals surface area contributed by atoms with Gasteiger partial charge in [-0.3, -0.25) is 4.72 Å². The van der Waals surface area contributed by atoms with E-state index in [0.717, 1.165) is 4.47 Å². The van der Waals surface area contributed by atoms with Crippen LogP contribution in [0.2, 0.25) is 5.02 Å². The second-order valence-corrected chi connectivity index (χ2v) is 6.91. The molecule has 0 radical (unpaired) electrons. The molecule has 0 aliphatic rings. The van der Waals surface area contributed by atoms with E-state index in [0.29, 0.717) is 5.56 Å². The largest absolute Gasteiger partial charge is 0.326 e. The summed E-state index contributed by atoms with van der Waals surface area (Å²) in [5.41, 5.74) is 6.18. The summed E-state index contributed by atoms with van der Waals surface area (Å²) >= 11 is 9.17. The monoisotopic (exact) mass is 375 g/mol. The van der Waals surface area contributed by atoms with Crippen LogP contribution in [0.1, 0.15) is 5.56 Å². The molecule has 20 heavy (non-hydrogen) atoms. The number of benzene rings is 1. The van der Waals surface area contributed by atoms with Gasteiger partial charge in [0.15, 0.2) is 0 Å². The normalized spacial score (nSPS) is 11.3. The van der Waals surface area contributed by atoms with E-state index in [9.17, 15) is 8.42 Å². The quantitative estimate of drug-likeness (QED) is 0.859. The molecule has 2 aromatic rings. The fourth-order valence-electron chi connectivity index (χ4n) is 1.51. The number of rotatable bonds is 4. The molecular weight excluding hydrogens is 366 g/mol. The summed E-state index contributed by atoms with van der Waals surface area (Å²) in [5, 5.41) is 0.131. The van der Waals surface area contributed by atoms with Gasteiger partial charge in [-0.15, -0.1) is 0 Å². The van der Waals surface area contributed by atoms with Crippen molar-refractivity contribution in [2.75, 3.05) is 4.72 Å². The van der Waals surface area contributed by atoms with Gasteiger partial charge in [-0.1, -0.05) is 17.7 Å². The number of nitrogens with one attached hydrogen (secondary N) is 1. The summed E-state index contributed by atoms with van der Waals surface area (Å²) in [6.45, 7) is 0.232. The molecule has 0 aliphatic carbocycles. The third-order valence-corrected chi connectivity index (χ3v) is 4.79. The fourth-order valence-corrected chi connectivity index (χ4v) is 3.30. The van der Waals surface area contributed by atoms with E-state index in [1.807, 2.05) is 0 Å². The maximum atomic E-state index is 12.3. The maximum Gasteiger partial charge on any atom is 0.264 e. The molecule has 3 N–H and O–H groups in total. The van der Waals surface area contributed by atoms with E-state index >= 15 is 0 Å². The van der Waals surface area contributed by atoms with Crippen LogP contribution in [-0.4, -0.2) is 13.4 Å². The second kappa shape index (κ2) is 6.09. The predicted molar refractivity (Wildman–Crippen MR) is 82.1 cm³/mol. The third-order valence-electron chi connectivity index (χ3n) is 2.49. The van der Waals surface area contributed by atoms with Gasteiger partial charge in [-0.05, 0) is 45.8 Å². The lowest BCUT2D eigenvalue weighted by Gasteiger charge is -2.10. The Bertz CT molecular complexity index is 720. The molecule has 0 saturated heterocycles. The van der Waals surface area contributed by atoms with Crippen LogP contribution in [0, 0.1) is 0 Å². The van der Waals surface area contributed by atoms with Gasteiger partial charge >= 0.3 is 0 Å². The highest BCUT2D eigenvalue weighted by molar-refractivity contribution is 9.10. The summed E-state index contributed by atoms with van der Waals surface area (Å²) in [4.78, 5) is 3.93. The topological polar surface area (TPSA) is 85.1 Å². The van der Waals surface area contributed by atoms with Crippen molar-refractivity contribution in [3.63, 3.8) is 0 Å². The lowest BCUT2D eigenvalue weighted by Crippen LogP contribution is -2.15. The lowest BCUT2D eigenvalue weighted by molar-refractivity contribution is 0.601. The summed E-state index contributed by atoms with van der Waals surface area (Å²) < 4.78 is 27.7. The Morgan fingerprint density at radius 3 is 2.65 bits per heavy atom. The molecule has 0 spiro atoms. The van der Waals surface area contributed by atoms with Gasteiger partial charge in [0.25, 0.3) is 10.0 Å². The van der Waals surface area contributed by atoms with Crippen LogP contribution >= 0.6 is 27.5 Å². The number of nitrogens with two attached hydrogens (primary N) is 1. The van der Waals surface area contributed by atoms with Crippen molar-refractivity contribution < 1.29 is 8.42 Å². The Morgan fingerprint density at radius 2 is 2.05 bits per heavy atom. The zero-order chi connectivity index (χ0) is 14.8. The van der Waals surface area contributed by atoms with Crippen LogP contribution in [0.25, 0.3) is 0 Å². The van der Waals surface area contributed by atoms with Gasteiger partial charge in [0.05, 0.1) is 5.02 Å². The molecule has 106 valence electrons. The highest BCUT2D eigenvalue weighted by Gasteiger charge is 2.19. The van der Waals surface area contributed by atoms with Crippen molar-refractivity contribution in [2.24, 2.45) is 5.73 Å². The number of aromatic nitrogens is 1. The van der Waals surface area contributed by atoms with Crippen LogP contribution in [0.5, 0.6) is 0 Å². The van der Waals surface area contributed by atoms with Gasteiger partial charge < -0.3 is 5.73 Å². The number of halogens is 2. The van der Waals surface area contributed by atoms with Crippen molar-refractivity contribution >= 4 is 43.4 Å². The minimum Gasteiger partial charge on any atom is -0.326 e. The minimum absolute atomic E-state index is 0.0214. The van der Waals surface area contributed by atoms with Gasteiger partial charge in [0.1, 0.15) is 10.7 Å². The molecule has 0 fully saturated rings. The highest BCUT2D eigenvalue weighted by Crippen LogP contribution is 2.24. The smallest absolute Gasteiger partial charge is 0.264 e. The maximum absolute atomic E-state index is 12.3. The van der Waals surface area contributed by atoms with Crippen LogP contribution in [0.4, 0.5) is 5.82 Å². The first-order chi connectivity index (χ1) is 9.42. The number of hydrogen-bond donors (Lipinski definition) is 2.